The molecular weight excluding hydrogens is 407 g/mol. The molecule has 152 valence electrons. The zero-order valence-corrected chi connectivity index (χ0v) is 16.7. The Bertz CT molecular complexity index is 1100. The number of benzene rings is 3. The molecule has 0 radical (unpaired) electrons. The molecule has 3 aromatic rings. The Labute approximate surface area is 178 Å². The van der Waals surface area contributed by atoms with E-state index in [0.29, 0.717) is 34.3 Å². The van der Waals surface area contributed by atoms with E-state index < -0.39 is 0 Å². The van der Waals surface area contributed by atoms with Crippen LogP contribution >= 0.6 is 11.6 Å². The first kappa shape index (κ1) is 19.9. The minimum atomic E-state index is -0.350. The van der Waals surface area contributed by atoms with E-state index in [9.17, 15) is 14.0 Å². The van der Waals surface area contributed by atoms with Crippen LogP contribution in [0.1, 0.15) is 11.1 Å². The molecule has 1 aliphatic heterocycles. The topological polar surface area (TPSA) is 58.6 Å². The number of amides is 2. The highest BCUT2D eigenvalue weighted by atomic mass is 35.5. The summed E-state index contributed by atoms with van der Waals surface area (Å²) in [5.74, 6) is -0.241. The van der Waals surface area contributed by atoms with Gasteiger partial charge in [-0.2, -0.15) is 0 Å². The van der Waals surface area contributed by atoms with Gasteiger partial charge < -0.3 is 15.0 Å². The fourth-order valence-corrected chi connectivity index (χ4v) is 3.44. The van der Waals surface area contributed by atoms with Gasteiger partial charge in [-0.15, -0.1) is 0 Å². The molecule has 0 atom stereocenters. The summed E-state index contributed by atoms with van der Waals surface area (Å²) in [5, 5.41) is 3.38. The molecular formula is C23H18ClFN2O3. The number of hydrogen-bond acceptors (Lipinski definition) is 3. The average molecular weight is 425 g/mol. The first-order valence-electron chi connectivity index (χ1n) is 9.34. The summed E-state index contributed by atoms with van der Waals surface area (Å²) in [7, 11) is 0. The molecule has 3 aromatic carbocycles. The van der Waals surface area contributed by atoms with Crippen molar-refractivity contribution in [3.8, 4) is 5.75 Å². The zero-order chi connectivity index (χ0) is 21.1. The van der Waals surface area contributed by atoms with Crippen molar-refractivity contribution in [1.29, 1.82) is 0 Å². The second-order valence-corrected chi connectivity index (χ2v) is 7.30. The molecule has 7 heteroatoms. The van der Waals surface area contributed by atoms with E-state index in [1.807, 2.05) is 18.2 Å². The Hall–Kier alpha value is -3.38. The minimum absolute atomic E-state index is 0.0618. The number of carbonyl (C=O) groups is 2. The summed E-state index contributed by atoms with van der Waals surface area (Å²) in [5.41, 5.74) is 2.60. The Balaban J connectivity index is 1.54. The van der Waals surface area contributed by atoms with Crippen molar-refractivity contribution < 1.29 is 18.7 Å². The van der Waals surface area contributed by atoms with Crippen LogP contribution in [0.5, 0.6) is 5.75 Å². The lowest BCUT2D eigenvalue weighted by Crippen LogP contribution is -2.38. The number of nitrogens with zero attached hydrogens (tertiary/aromatic N) is 1. The summed E-state index contributed by atoms with van der Waals surface area (Å²) >= 11 is 6.26. The van der Waals surface area contributed by atoms with E-state index in [0.717, 1.165) is 5.56 Å². The van der Waals surface area contributed by atoms with Gasteiger partial charge in [-0.3, -0.25) is 9.59 Å². The van der Waals surface area contributed by atoms with E-state index in [1.165, 1.54) is 12.1 Å². The van der Waals surface area contributed by atoms with Gasteiger partial charge in [0.05, 0.1) is 18.7 Å². The number of hydrogen-bond donors (Lipinski definition) is 1. The van der Waals surface area contributed by atoms with Crippen molar-refractivity contribution >= 4 is 34.8 Å². The summed E-state index contributed by atoms with van der Waals surface area (Å²) < 4.78 is 18.6. The van der Waals surface area contributed by atoms with E-state index in [1.54, 1.807) is 41.3 Å². The first-order chi connectivity index (χ1) is 14.5. The predicted molar refractivity (Wildman–Crippen MR) is 113 cm³/mol. The van der Waals surface area contributed by atoms with E-state index in [-0.39, 0.29) is 30.7 Å². The lowest BCUT2D eigenvalue weighted by molar-refractivity contribution is -0.121. The van der Waals surface area contributed by atoms with Gasteiger partial charge in [0, 0.05) is 10.7 Å². The van der Waals surface area contributed by atoms with Crippen LogP contribution in [0.3, 0.4) is 0 Å². The third-order valence-electron chi connectivity index (χ3n) is 4.75. The highest BCUT2D eigenvalue weighted by Crippen LogP contribution is 2.36. The van der Waals surface area contributed by atoms with Crippen LogP contribution in [0.2, 0.25) is 5.02 Å². The molecule has 1 N–H and O–H groups in total. The Morgan fingerprint density at radius 1 is 1.10 bits per heavy atom. The van der Waals surface area contributed by atoms with Gasteiger partial charge in [-0.05, 0) is 47.5 Å². The Morgan fingerprint density at radius 2 is 1.87 bits per heavy atom. The van der Waals surface area contributed by atoms with Crippen LogP contribution < -0.4 is 15.0 Å². The highest BCUT2D eigenvalue weighted by Gasteiger charge is 2.26. The third kappa shape index (κ3) is 4.44. The fourth-order valence-electron chi connectivity index (χ4n) is 3.24. The van der Waals surface area contributed by atoms with Gasteiger partial charge in [0.15, 0.2) is 6.61 Å². The maximum absolute atomic E-state index is 13.0. The first-order valence-corrected chi connectivity index (χ1v) is 9.72. The highest BCUT2D eigenvalue weighted by molar-refractivity contribution is 6.31. The SMILES string of the molecule is O=C(Cc1ccc(F)cc1)Nc1ccc2c(c1)N(Cc1ccccc1Cl)C(=O)CO2. The average Bonchev–Trinajstić information content (AvgIpc) is 2.73. The number of nitrogens with one attached hydrogen (secondary N) is 1. The third-order valence-corrected chi connectivity index (χ3v) is 5.12. The summed E-state index contributed by atoms with van der Waals surface area (Å²) in [4.78, 5) is 26.5. The lowest BCUT2D eigenvalue weighted by Gasteiger charge is -2.30. The Morgan fingerprint density at radius 3 is 2.63 bits per heavy atom. The van der Waals surface area contributed by atoms with Crippen LogP contribution in [0.4, 0.5) is 15.8 Å². The van der Waals surface area contributed by atoms with Crippen molar-refractivity contribution in [2.45, 2.75) is 13.0 Å². The molecule has 30 heavy (non-hydrogen) atoms. The maximum Gasteiger partial charge on any atom is 0.265 e. The molecule has 0 fully saturated rings. The van der Waals surface area contributed by atoms with Gasteiger partial charge in [0.1, 0.15) is 11.6 Å². The van der Waals surface area contributed by atoms with E-state index >= 15 is 0 Å². The molecule has 0 unspecified atom stereocenters. The van der Waals surface area contributed by atoms with Crippen LogP contribution in [-0.4, -0.2) is 18.4 Å². The fraction of sp³-hybridized carbons (Fsp3) is 0.130. The summed E-state index contributed by atoms with van der Waals surface area (Å²) in [6.45, 7) is 0.232. The van der Waals surface area contributed by atoms with Crippen LogP contribution in [0, 0.1) is 5.82 Å². The van der Waals surface area contributed by atoms with Crippen LogP contribution in [-0.2, 0) is 22.6 Å². The molecule has 1 heterocycles. The van der Waals surface area contributed by atoms with Gasteiger partial charge in [-0.1, -0.05) is 41.9 Å². The van der Waals surface area contributed by atoms with Gasteiger partial charge in [0.2, 0.25) is 5.91 Å². The standard InChI is InChI=1S/C23H18ClFN2O3/c24-19-4-2-1-3-16(19)13-27-20-12-18(9-10-21(20)30-14-23(27)29)26-22(28)11-15-5-7-17(25)8-6-15/h1-10,12H,11,13-14H2,(H,26,28). The summed E-state index contributed by atoms with van der Waals surface area (Å²) in [6, 6.07) is 18.2. The second-order valence-electron chi connectivity index (χ2n) is 6.89. The lowest BCUT2D eigenvalue weighted by atomic mass is 10.1. The maximum atomic E-state index is 13.0. The molecule has 0 aliphatic carbocycles. The van der Waals surface area contributed by atoms with Crippen molar-refractivity contribution in [3.05, 3.63) is 88.7 Å². The van der Waals surface area contributed by atoms with Crippen molar-refractivity contribution in [2.75, 3.05) is 16.8 Å². The molecule has 0 spiro atoms. The number of ether oxygens (including phenoxy) is 1. The van der Waals surface area contributed by atoms with Gasteiger partial charge in [0.25, 0.3) is 5.91 Å². The quantitative estimate of drug-likeness (QED) is 0.652. The zero-order valence-electron chi connectivity index (χ0n) is 15.9. The van der Waals surface area contributed by atoms with Crippen molar-refractivity contribution in [1.82, 2.24) is 0 Å². The van der Waals surface area contributed by atoms with Gasteiger partial charge >= 0.3 is 0 Å². The minimum Gasteiger partial charge on any atom is -0.482 e. The van der Waals surface area contributed by atoms with Crippen molar-refractivity contribution in [3.63, 3.8) is 0 Å². The predicted octanol–water partition coefficient (Wildman–Crippen LogP) is 4.59. The largest absolute Gasteiger partial charge is 0.482 e. The van der Waals surface area contributed by atoms with Crippen LogP contribution in [0.15, 0.2) is 66.7 Å². The molecule has 1 aliphatic rings. The smallest absolute Gasteiger partial charge is 0.265 e. The summed E-state index contributed by atoms with van der Waals surface area (Å²) in [6.07, 6.45) is 0.107. The molecule has 2 amide bonds. The second kappa shape index (κ2) is 8.55. The number of fused-ring (bicyclic) bond motifs is 1. The molecule has 0 saturated carbocycles. The monoisotopic (exact) mass is 424 g/mol. The number of carbonyl (C=O) groups excluding carboxylic acids is 2. The van der Waals surface area contributed by atoms with Crippen molar-refractivity contribution in [2.24, 2.45) is 0 Å². The van der Waals surface area contributed by atoms with Crippen LogP contribution in [0.25, 0.3) is 0 Å². The molecule has 4 rings (SSSR count). The van der Waals surface area contributed by atoms with E-state index in [4.69, 9.17) is 16.3 Å². The van der Waals surface area contributed by atoms with Gasteiger partial charge in [-0.25, -0.2) is 4.39 Å². The Kier molecular flexibility index (Phi) is 5.68. The molecule has 5 nitrogen and oxygen atoms in total. The number of rotatable bonds is 5. The molecule has 0 saturated heterocycles. The number of anilines is 2. The van der Waals surface area contributed by atoms with E-state index in [2.05, 4.69) is 5.32 Å². The number of halogens is 2. The molecule has 0 aromatic heterocycles. The molecule has 0 bridgehead atoms. The normalized spacial score (nSPS) is 12.9.